The van der Waals surface area contributed by atoms with Gasteiger partial charge in [-0.1, -0.05) is 26.0 Å². The summed E-state index contributed by atoms with van der Waals surface area (Å²) in [5.41, 5.74) is 2.56. The van der Waals surface area contributed by atoms with E-state index in [-0.39, 0.29) is 0 Å². The van der Waals surface area contributed by atoms with Gasteiger partial charge in [0.1, 0.15) is 0 Å². The molecule has 0 amide bonds. The third kappa shape index (κ3) is 3.88. The first-order chi connectivity index (χ1) is 7.69. The van der Waals surface area contributed by atoms with Gasteiger partial charge in [-0.15, -0.1) is 23.2 Å². The maximum absolute atomic E-state index is 5.78. The predicted octanol–water partition coefficient (Wildman–Crippen LogP) is 4.09. The molecule has 0 spiro atoms. The van der Waals surface area contributed by atoms with E-state index in [2.05, 4.69) is 43.0 Å². The maximum Gasteiger partial charge on any atom is 0.0399 e. The molecular formula is C13H19Cl2N. The fourth-order valence-electron chi connectivity index (χ4n) is 1.64. The van der Waals surface area contributed by atoms with Crippen LogP contribution in [0.2, 0.25) is 0 Å². The molecular weight excluding hydrogens is 241 g/mol. The van der Waals surface area contributed by atoms with Gasteiger partial charge in [0.25, 0.3) is 0 Å². The zero-order valence-corrected chi connectivity index (χ0v) is 11.4. The molecule has 3 heteroatoms. The minimum Gasteiger partial charge on any atom is -0.369 e. The lowest BCUT2D eigenvalue weighted by molar-refractivity contribution is 0.855. The fourth-order valence-corrected chi connectivity index (χ4v) is 2.05. The van der Waals surface area contributed by atoms with Gasteiger partial charge < -0.3 is 4.90 Å². The van der Waals surface area contributed by atoms with E-state index in [4.69, 9.17) is 23.2 Å². The zero-order valence-electron chi connectivity index (χ0n) is 9.92. The molecule has 0 unspecified atom stereocenters. The zero-order chi connectivity index (χ0) is 12.0. The highest BCUT2D eigenvalue weighted by atomic mass is 35.5. The van der Waals surface area contributed by atoms with Crippen molar-refractivity contribution in [2.45, 2.75) is 19.8 Å². The van der Waals surface area contributed by atoms with Crippen LogP contribution in [-0.4, -0.2) is 24.8 Å². The molecule has 0 aromatic heterocycles. The summed E-state index contributed by atoms with van der Waals surface area (Å²) in [5.74, 6) is 1.83. The van der Waals surface area contributed by atoms with Crippen molar-refractivity contribution in [2.24, 2.45) is 0 Å². The van der Waals surface area contributed by atoms with Gasteiger partial charge in [0.2, 0.25) is 0 Å². The van der Waals surface area contributed by atoms with Crippen molar-refractivity contribution in [3.8, 4) is 0 Å². The molecule has 90 valence electrons. The minimum atomic E-state index is 0.573. The Morgan fingerprint density at radius 2 is 1.50 bits per heavy atom. The highest BCUT2D eigenvalue weighted by Gasteiger charge is 2.05. The Kier molecular flexibility index (Phi) is 6.00. The number of benzene rings is 1. The second kappa shape index (κ2) is 7.03. The molecule has 1 rings (SSSR count). The summed E-state index contributed by atoms with van der Waals surface area (Å²) in [6.07, 6.45) is 0. The Balaban J connectivity index is 2.76. The van der Waals surface area contributed by atoms with Gasteiger partial charge in [-0.3, -0.25) is 0 Å². The smallest absolute Gasteiger partial charge is 0.0399 e. The number of rotatable bonds is 6. The average Bonchev–Trinajstić information content (AvgIpc) is 2.29. The van der Waals surface area contributed by atoms with E-state index in [1.54, 1.807) is 0 Å². The van der Waals surface area contributed by atoms with Crippen LogP contribution in [0.15, 0.2) is 24.3 Å². The van der Waals surface area contributed by atoms with Gasteiger partial charge in [-0.2, -0.15) is 0 Å². The Labute approximate surface area is 108 Å². The van der Waals surface area contributed by atoms with Crippen LogP contribution in [0.1, 0.15) is 25.3 Å². The molecule has 0 aliphatic rings. The Hall–Kier alpha value is -0.400. The number of hydrogen-bond acceptors (Lipinski definition) is 1. The van der Waals surface area contributed by atoms with E-state index in [9.17, 15) is 0 Å². The number of nitrogens with zero attached hydrogens (tertiary/aromatic N) is 1. The van der Waals surface area contributed by atoms with Gasteiger partial charge in [0, 0.05) is 30.5 Å². The first-order valence-corrected chi connectivity index (χ1v) is 6.72. The summed E-state index contributed by atoms with van der Waals surface area (Å²) >= 11 is 11.6. The lowest BCUT2D eigenvalue weighted by atomic mass is 10.0. The third-order valence-corrected chi connectivity index (χ3v) is 2.97. The molecule has 0 N–H and O–H groups in total. The molecule has 0 heterocycles. The number of halogens is 2. The molecule has 0 saturated carbocycles. The van der Waals surface area contributed by atoms with Gasteiger partial charge in [-0.25, -0.2) is 0 Å². The van der Waals surface area contributed by atoms with Crippen LogP contribution in [0.3, 0.4) is 0 Å². The number of hydrogen-bond donors (Lipinski definition) is 0. The molecule has 1 aromatic carbocycles. The van der Waals surface area contributed by atoms with Crippen LogP contribution in [-0.2, 0) is 0 Å². The molecule has 0 atom stereocenters. The van der Waals surface area contributed by atoms with Crippen molar-refractivity contribution >= 4 is 28.9 Å². The van der Waals surface area contributed by atoms with Crippen molar-refractivity contribution in [1.29, 1.82) is 0 Å². The van der Waals surface area contributed by atoms with Crippen LogP contribution in [0.25, 0.3) is 0 Å². The summed E-state index contributed by atoms with van der Waals surface area (Å²) in [6, 6.07) is 8.65. The summed E-state index contributed by atoms with van der Waals surface area (Å²) in [6.45, 7) is 6.08. The molecule has 0 fully saturated rings. The lowest BCUT2D eigenvalue weighted by Gasteiger charge is -2.23. The van der Waals surface area contributed by atoms with Crippen LogP contribution in [0, 0.1) is 0 Å². The largest absolute Gasteiger partial charge is 0.369 e. The van der Waals surface area contributed by atoms with Gasteiger partial charge in [0.15, 0.2) is 0 Å². The van der Waals surface area contributed by atoms with E-state index in [1.165, 1.54) is 11.3 Å². The fraction of sp³-hybridized carbons (Fsp3) is 0.538. The predicted molar refractivity (Wildman–Crippen MR) is 74.2 cm³/mol. The van der Waals surface area contributed by atoms with Crippen molar-refractivity contribution in [1.82, 2.24) is 0 Å². The highest BCUT2D eigenvalue weighted by Crippen LogP contribution is 2.20. The maximum atomic E-state index is 5.78. The van der Waals surface area contributed by atoms with Crippen LogP contribution < -0.4 is 4.90 Å². The van der Waals surface area contributed by atoms with Gasteiger partial charge in [0.05, 0.1) is 0 Å². The monoisotopic (exact) mass is 259 g/mol. The Morgan fingerprint density at radius 1 is 1.00 bits per heavy atom. The van der Waals surface area contributed by atoms with Crippen LogP contribution in [0.4, 0.5) is 5.69 Å². The van der Waals surface area contributed by atoms with Crippen molar-refractivity contribution < 1.29 is 0 Å². The average molecular weight is 260 g/mol. The molecule has 0 aliphatic carbocycles. The van der Waals surface area contributed by atoms with Gasteiger partial charge in [-0.05, 0) is 23.6 Å². The molecule has 1 aromatic rings. The summed E-state index contributed by atoms with van der Waals surface area (Å²) in [5, 5.41) is 0. The first kappa shape index (κ1) is 13.7. The molecule has 16 heavy (non-hydrogen) atoms. The van der Waals surface area contributed by atoms with Crippen LogP contribution >= 0.6 is 23.2 Å². The molecule has 0 bridgehead atoms. The van der Waals surface area contributed by atoms with Crippen LogP contribution in [0.5, 0.6) is 0 Å². The standard InChI is InChI=1S/C13H19Cl2N/c1-11(2)12-3-5-13(6-4-12)16(9-7-14)10-8-15/h3-6,11H,7-10H2,1-2H3. The quantitative estimate of drug-likeness (QED) is 0.696. The van der Waals surface area contributed by atoms with E-state index in [0.29, 0.717) is 17.7 Å². The minimum absolute atomic E-state index is 0.573. The van der Waals surface area contributed by atoms with E-state index >= 15 is 0 Å². The molecule has 1 nitrogen and oxygen atoms in total. The third-order valence-electron chi connectivity index (χ3n) is 2.63. The topological polar surface area (TPSA) is 3.24 Å². The lowest BCUT2D eigenvalue weighted by Crippen LogP contribution is -2.27. The van der Waals surface area contributed by atoms with E-state index in [0.717, 1.165) is 13.1 Å². The van der Waals surface area contributed by atoms with Crippen molar-refractivity contribution in [3.05, 3.63) is 29.8 Å². The van der Waals surface area contributed by atoms with E-state index < -0.39 is 0 Å². The van der Waals surface area contributed by atoms with Gasteiger partial charge >= 0.3 is 0 Å². The normalized spacial score (nSPS) is 10.8. The Morgan fingerprint density at radius 3 is 1.88 bits per heavy atom. The molecule has 0 radical (unpaired) electrons. The number of alkyl halides is 2. The molecule has 0 aliphatic heterocycles. The molecule has 0 saturated heterocycles. The SMILES string of the molecule is CC(C)c1ccc(N(CCCl)CCCl)cc1. The van der Waals surface area contributed by atoms with E-state index in [1.807, 2.05) is 0 Å². The second-order valence-electron chi connectivity index (χ2n) is 4.11. The van der Waals surface area contributed by atoms with Crippen molar-refractivity contribution in [3.63, 3.8) is 0 Å². The Bertz CT molecular complexity index is 289. The first-order valence-electron chi connectivity index (χ1n) is 5.66. The highest BCUT2D eigenvalue weighted by molar-refractivity contribution is 6.18. The van der Waals surface area contributed by atoms with Crippen molar-refractivity contribution in [2.75, 3.05) is 29.7 Å². The number of anilines is 1. The summed E-state index contributed by atoms with van der Waals surface area (Å²) in [7, 11) is 0. The summed E-state index contributed by atoms with van der Waals surface area (Å²) in [4.78, 5) is 2.21. The second-order valence-corrected chi connectivity index (χ2v) is 4.87. The summed E-state index contributed by atoms with van der Waals surface area (Å²) < 4.78 is 0.